The van der Waals surface area contributed by atoms with Crippen LogP contribution in [-0.2, 0) is 36.3 Å². The Morgan fingerprint density at radius 3 is 2.69 bits per heavy atom. The summed E-state index contributed by atoms with van der Waals surface area (Å²) in [4.78, 5) is 24.1. The summed E-state index contributed by atoms with van der Waals surface area (Å²) in [6.45, 7) is 0.769. The fourth-order valence-electron chi connectivity index (χ4n) is 5.76. The minimum atomic E-state index is -4.37. The molecule has 1 fully saturated rings. The molecular formula is C23H29N5O6S. The second-order valence-corrected chi connectivity index (χ2v) is 11.2. The standard InChI is InChI=1S/C23H29N5O6S/c1-28-19(22(30)31)11-20(26-28)35(33,34)27-23(32)25-21-14-4-2-3-12(14)9-17-15(5-6-16(17)21)18-10-13(29)7-8-24-18/h9,11,13,15,18,24,29H,2-8,10H2,1H3,(H,30,31)(H2,25,27,32). The number of nitrogens with one attached hydrogen (secondary N) is 3. The van der Waals surface area contributed by atoms with Crippen molar-refractivity contribution in [3.05, 3.63) is 40.1 Å². The first-order chi connectivity index (χ1) is 16.6. The first kappa shape index (κ1) is 23.8. The monoisotopic (exact) mass is 503 g/mol. The molecule has 3 atom stereocenters. The Balaban J connectivity index is 1.41. The number of aromatic carboxylic acids is 1. The predicted octanol–water partition coefficient (Wildman–Crippen LogP) is 1.26. The smallest absolute Gasteiger partial charge is 0.354 e. The number of amides is 2. The lowest BCUT2D eigenvalue weighted by Crippen LogP contribution is -2.43. The van der Waals surface area contributed by atoms with Gasteiger partial charge >= 0.3 is 12.0 Å². The summed E-state index contributed by atoms with van der Waals surface area (Å²) in [5.41, 5.74) is 4.76. The zero-order valence-corrected chi connectivity index (χ0v) is 20.2. The van der Waals surface area contributed by atoms with Crippen LogP contribution in [0.3, 0.4) is 0 Å². The number of fused-ring (bicyclic) bond motifs is 2. The number of carbonyl (C=O) groups excluding carboxylic acids is 1. The van der Waals surface area contributed by atoms with E-state index < -0.39 is 27.0 Å². The summed E-state index contributed by atoms with van der Waals surface area (Å²) in [5.74, 6) is -1.10. The molecule has 0 spiro atoms. The summed E-state index contributed by atoms with van der Waals surface area (Å²) in [6, 6.07) is 2.39. The fourth-order valence-corrected chi connectivity index (χ4v) is 6.66. The van der Waals surface area contributed by atoms with Crippen LogP contribution in [0.4, 0.5) is 10.5 Å². The molecule has 2 aromatic rings. The maximum Gasteiger partial charge on any atom is 0.354 e. The van der Waals surface area contributed by atoms with Crippen LogP contribution < -0.4 is 15.4 Å². The van der Waals surface area contributed by atoms with Crippen molar-refractivity contribution in [1.29, 1.82) is 0 Å². The number of aliphatic hydroxyl groups is 1. The molecule has 1 aromatic carbocycles. The number of piperidine rings is 1. The van der Waals surface area contributed by atoms with Crippen LogP contribution in [0.5, 0.6) is 0 Å². The van der Waals surface area contributed by atoms with Crippen molar-refractivity contribution in [2.45, 2.75) is 68.0 Å². The average molecular weight is 504 g/mol. The van der Waals surface area contributed by atoms with E-state index in [4.69, 9.17) is 5.11 Å². The molecule has 35 heavy (non-hydrogen) atoms. The summed E-state index contributed by atoms with van der Waals surface area (Å²) in [7, 11) is -3.06. The lowest BCUT2D eigenvalue weighted by Gasteiger charge is -2.32. The Bertz CT molecular complexity index is 1300. The molecule has 2 aliphatic carbocycles. The highest BCUT2D eigenvalue weighted by Crippen LogP contribution is 2.45. The van der Waals surface area contributed by atoms with E-state index in [-0.39, 0.29) is 23.8 Å². The zero-order chi connectivity index (χ0) is 24.9. The molecule has 0 saturated carbocycles. The van der Waals surface area contributed by atoms with Gasteiger partial charge in [-0.3, -0.25) is 4.68 Å². The van der Waals surface area contributed by atoms with E-state index >= 15 is 0 Å². The van der Waals surface area contributed by atoms with E-state index in [0.717, 1.165) is 72.5 Å². The van der Waals surface area contributed by atoms with E-state index in [0.29, 0.717) is 12.1 Å². The van der Waals surface area contributed by atoms with Crippen LogP contribution in [-0.4, -0.2) is 59.1 Å². The van der Waals surface area contributed by atoms with Crippen molar-refractivity contribution < 1.29 is 28.2 Å². The Hall–Kier alpha value is -2.96. The Morgan fingerprint density at radius 1 is 1.17 bits per heavy atom. The van der Waals surface area contributed by atoms with Gasteiger partial charge in [-0.25, -0.2) is 14.3 Å². The number of nitrogens with zero attached hydrogens (tertiary/aromatic N) is 2. The van der Waals surface area contributed by atoms with Gasteiger partial charge in [-0.2, -0.15) is 13.5 Å². The first-order valence-electron chi connectivity index (χ1n) is 11.8. The molecule has 12 heteroatoms. The number of benzene rings is 1. The quantitative estimate of drug-likeness (QED) is 0.407. The van der Waals surface area contributed by atoms with Gasteiger partial charge in [0.25, 0.3) is 10.0 Å². The number of urea groups is 1. The maximum atomic E-state index is 12.9. The molecule has 11 nitrogen and oxygen atoms in total. The molecule has 3 unspecified atom stereocenters. The number of carboxylic acid groups (broad SMARTS) is 1. The lowest BCUT2D eigenvalue weighted by atomic mass is 9.85. The Morgan fingerprint density at radius 2 is 1.97 bits per heavy atom. The van der Waals surface area contributed by atoms with E-state index in [9.17, 15) is 23.1 Å². The first-order valence-corrected chi connectivity index (χ1v) is 13.3. The Labute approximate surface area is 203 Å². The summed E-state index contributed by atoms with van der Waals surface area (Å²) in [6.07, 6.45) is 5.42. The molecule has 2 heterocycles. The number of rotatable bonds is 5. The molecule has 0 radical (unpaired) electrons. The fraction of sp³-hybridized carbons (Fsp3) is 0.522. The van der Waals surface area contributed by atoms with Gasteiger partial charge < -0.3 is 20.8 Å². The number of aryl methyl sites for hydroxylation is 2. The van der Waals surface area contributed by atoms with Crippen molar-refractivity contribution >= 4 is 27.7 Å². The lowest BCUT2D eigenvalue weighted by molar-refractivity contribution is 0.0685. The van der Waals surface area contributed by atoms with E-state index in [2.05, 4.69) is 21.8 Å². The van der Waals surface area contributed by atoms with Crippen LogP contribution in [0.2, 0.25) is 0 Å². The number of anilines is 1. The summed E-state index contributed by atoms with van der Waals surface area (Å²) in [5, 5.41) is 28.8. The molecule has 5 N–H and O–H groups in total. The summed E-state index contributed by atoms with van der Waals surface area (Å²) >= 11 is 0. The van der Waals surface area contributed by atoms with Crippen LogP contribution >= 0.6 is 0 Å². The minimum absolute atomic E-state index is 0.161. The molecule has 1 aromatic heterocycles. The van der Waals surface area contributed by atoms with Crippen molar-refractivity contribution in [3.63, 3.8) is 0 Å². The second-order valence-electron chi connectivity index (χ2n) is 9.55. The molecule has 1 saturated heterocycles. The number of hydrogen-bond donors (Lipinski definition) is 5. The van der Waals surface area contributed by atoms with Crippen LogP contribution in [0, 0.1) is 0 Å². The molecule has 188 valence electrons. The Kier molecular flexibility index (Phi) is 6.06. The van der Waals surface area contributed by atoms with Crippen molar-refractivity contribution in [3.8, 4) is 0 Å². The largest absolute Gasteiger partial charge is 0.477 e. The zero-order valence-electron chi connectivity index (χ0n) is 19.4. The second kappa shape index (κ2) is 8.92. The van der Waals surface area contributed by atoms with Gasteiger partial charge in [0.15, 0.2) is 5.03 Å². The SMILES string of the molecule is Cn1nc(S(=O)(=O)NC(=O)Nc2c3c(cc4c2CCC4C2CC(O)CCN2)CCC3)cc1C(=O)O. The van der Waals surface area contributed by atoms with Gasteiger partial charge in [0.1, 0.15) is 5.69 Å². The average Bonchev–Trinajstić information content (AvgIpc) is 3.51. The number of aliphatic hydroxyl groups excluding tert-OH is 1. The van der Waals surface area contributed by atoms with Gasteiger partial charge in [-0.15, -0.1) is 0 Å². The molecule has 5 rings (SSSR count). The van der Waals surface area contributed by atoms with E-state index in [1.807, 2.05) is 4.72 Å². The van der Waals surface area contributed by atoms with Gasteiger partial charge in [-0.1, -0.05) is 6.07 Å². The minimum Gasteiger partial charge on any atom is -0.477 e. The normalized spacial score (nSPS) is 23.5. The van der Waals surface area contributed by atoms with Crippen molar-refractivity contribution in [2.24, 2.45) is 7.05 Å². The van der Waals surface area contributed by atoms with Crippen LogP contribution in [0.25, 0.3) is 0 Å². The number of hydrogen-bond acceptors (Lipinski definition) is 7. The molecule has 1 aliphatic heterocycles. The van der Waals surface area contributed by atoms with Crippen molar-refractivity contribution in [2.75, 3.05) is 11.9 Å². The highest BCUT2D eigenvalue weighted by molar-refractivity contribution is 7.90. The topological polar surface area (TPSA) is 163 Å². The molecule has 2 amide bonds. The number of carbonyl (C=O) groups is 2. The summed E-state index contributed by atoms with van der Waals surface area (Å²) < 4.78 is 28.3. The number of carboxylic acids is 1. The highest BCUT2D eigenvalue weighted by atomic mass is 32.2. The van der Waals surface area contributed by atoms with Gasteiger partial charge in [0, 0.05) is 24.8 Å². The molecule has 0 bridgehead atoms. The predicted molar refractivity (Wildman–Crippen MR) is 126 cm³/mol. The third kappa shape index (κ3) is 4.41. The number of sulfonamides is 1. The highest BCUT2D eigenvalue weighted by Gasteiger charge is 2.36. The third-order valence-electron chi connectivity index (χ3n) is 7.36. The number of aromatic nitrogens is 2. The third-order valence-corrected chi connectivity index (χ3v) is 8.56. The van der Waals surface area contributed by atoms with Crippen LogP contribution in [0.15, 0.2) is 17.2 Å². The van der Waals surface area contributed by atoms with E-state index in [1.54, 1.807) is 0 Å². The van der Waals surface area contributed by atoms with Crippen LogP contribution in [0.1, 0.15) is 64.3 Å². The van der Waals surface area contributed by atoms with E-state index in [1.165, 1.54) is 12.6 Å². The van der Waals surface area contributed by atoms with Crippen molar-refractivity contribution in [1.82, 2.24) is 19.8 Å². The van der Waals surface area contributed by atoms with Gasteiger partial charge in [0.2, 0.25) is 0 Å². The van der Waals surface area contributed by atoms with Gasteiger partial charge in [0.05, 0.1) is 6.10 Å². The maximum absolute atomic E-state index is 12.9. The van der Waals surface area contributed by atoms with Gasteiger partial charge in [-0.05, 0) is 79.7 Å². The molecule has 3 aliphatic rings. The molecular weight excluding hydrogens is 474 g/mol.